The number of halogens is 1. The molecule has 1 aliphatic rings. The van der Waals surface area contributed by atoms with E-state index < -0.39 is 0 Å². The maximum absolute atomic E-state index is 12.6. The third-order valence-electron chi connectivity index (χ3n) is 3.47. The molecule has 1 atom stereocenters. The molecule has 0 saturated carbocycles. The molecule has 0 radical (unpaired) electrons. The molecule has 1 N–H and O–H groups in total. The quantitative estimate of drug-likeness (QED) is 0.896. The molecule has 3 heterocycles. The maximum atomic E-state index is 12.6. The number of furan rings is 1. The Morgan fingerprint density at radius 3 is 3.14 bits per heavy atom. The summed E-state index contributed by atoms with van der Waals surface area (Å²) in [5.74, 6) is 0.911. The van der Waals surface area contributed by atoms with Crippen molar-refractivity contribution in [3.8, 4) is 5.75 Å². The van der Waals surface area contributed by atoms with Crippen molar-refractivity contribution in [1.29, 1.82) is 0 Å². The molecule has 0 aliphatic carbocycles. The molecule has 0 unspecified atom stereocenters. The van der Waals surface area contributed by atoms with Crippen molar-refractivity contribution in [2.24, 2.45) is 0 Å². The molecule has 2 aromatic rings. The van der Waals surface area contributed by atoms with Gasteiger partial charge in [-0.2, -0.15) is 0 Å². The number of hydrogen-bond acceptors (Lipinski definition) is 5. The van der Waals surface area contributed by atoms with Gasteiger partial charge in [-0.05, 0) is 40.2 Å². The average molecular weight is 366 g/mol. The first-order valence-corrected chi connectivity index (χ1v) is 7.83. The molecule has 116 valence electrons. The largest absolute Gasteiger partial charge is 0.490 e. The van der Waals surface area contributed by atoms with Gasteiger partial charge in [0.15, 0.2) is 10.4 Å². The second kappa shape index (κ2) is 6.93. The van der Waals surface area contributed by atoms with Crippen LogP contribution in [0.2, 0.25) is 0 Å². The predicted octanol–water partition coefficient (Wildman–Crippen LogP) is 1.93. The van der Waals surface area contributed by atoms with E-state index in [1.54, 1.807) is 29.4 Å². The van der Waals surface area contributed by atoms with Gasteiger partial charge in [-0.3, -0.25) is 9.78 Å². The van der Waals surface area contributed by atoms with E-state index in [0.29, 0.717) is 35.9 Å². The summed E-state index contributed by atoms with van der Waals surface area (Å²) in [4.78, 5) is 18.4. The minimum Gasteiger partial charge on any atom is -0.490 e. The lowest BCUT2D eigenvalue weighted by Crippen LogP contribution is -2.55. The molecule has 7 heteroatoms. The standard InChI is InChI=1S/C15H16BrN3O3/c16-14-4-3-13(22-14)15(20)19-7-6-18-8-11(19)10-21-12-2-1-5-17-9-12/h1-5,9,11,18H,6-8,10H2/t11-/m1/s1. The molecule has 0 bridgehead atoms. The van der Waals surface area contributed by atoms with E-state index in [1.165, 1.54) is 0 Å². The van der Waals surface area contributed by atoms with Crippen LogP contribution < -0.4 is 10.1 Å². The Hall–Kier alpha value is -1.86. The SMILES string of the molecule is O=C(c1ccc(Br)o1)N1CCNC[C@@H]1COc1cccnc1. The topological polar surface area (TPSA) is 67.6 Å². The maximum Gasteiger partial charge on any atom is 0.290 e. The monoisotopic (exact) mass is 365 g/mol. The van der Waals surface area contributed by atoms with Crippen molar-refractivity contribution >= 4 is 21.8 Å². The Kier molecular flexibility index (Phi) is 4.74. The Balaban J connectivity index is 1.67. The van der Waals surface area contributed by atoms with Gasteiger partial charge in [-0.25, -0.2) is 0 Å². The van der Waals surface area contributed by atoms with Gasteiger partial charge in [0.25, 0.3) is 5.91 Å². The Morgan fingerprint density at radius 1 is 1.50 bits per heavy atom. The number of carbonyl (C=O) groups excluding carboxylic acids is 1. The van der Waals surface area contributed by atoms with Crippen molar-refractivity contribution in [2.45, 2.75) is 6.04 Å². The van der Waals surface area contributed by atoms with Gasteiger partial charge < -0.3 is 19.4 Å². The fourth-order valence-electron chi connectivity index (χ4n) is 2.37. The summed E-state index contributed by atoms with van der Waals surface area (Å²) in [7, 11) is 0. The molecule has 1 aliphatic heterocycles. The van der Waals surface area contributed by atoms with Gasteiger partial charge in [0.05, 0.1) is 12.2 Å². The van der Waals surface area contributed by atoms with Gasteiger partial charge in [0, 0.05) is 25.8 Å². The molecule has 0 aromatic carbocycles. The highest BCUT2D eigenvalue weighted by atomic mass is 79.9. The third kappa shape index (κ3) is 3.48. The number of rotatable bonds is 4. The normalized spacial score (nSPS) is 18.2. The van der Waals surface area contributed by atoms with Gasteiger partial charge in [-0.15, -0.1) is 0 Å². The van der Waals surface area contributed by atoms with E-state index in [-0.39, 0.29) is 11.9 Å². The van der Waals surface area contributed by atoms with Crippen LogP contribution >= 0.6 is 15.9 Å². The van der Waals surface area contributed by atoms with E-state index in [4.69, 9.17) is 9.15 Å². The second-order valence-corrected chi connectivity index (χ2v) is 5.74. The zero-order valence-electron chi connectivity index (χ0n) is 11.9. The third-order valence-corrected chi connectivity index (χ3v) is 3.90. The van der Waals surface area contributed by atoms with Crippen LogP contribution in [0.3, 0.4) is 0 Å². The summed E-state index contributed by atoms with van der Waals surface area (Å²) in [5, 5.41) is 3.28. The summed E-state index contributed by atoms with van der Waals surface area (Å²) in [6, 6.07) is 7.01. The number of carbonyl (C=O) groups is 1. The minimum absolute atomic E-state index is 0.0506. The van der Waals surface area contributed by atoms with Crippen LogP contribution in [-0.4, -0.2) is 48.1 Å². The average Bonchev–Trinajstić information content (AvgIpc) is 3.00. The predicted molar refractivity (Wildman–Crippen MR) is 83.8 cm³/mol. The summed E-state index contributed by atoms with van der Waals surface area (Å²) < 4.78 is 11.6. The lowest BCUT2D eigenvalue weighted by atomic mass is 10.2. The van der Waals surface area contributed by atoms with Gasteiger partial charge in [0.1, 0.15) is 12.4 Å². The molecule has 0 spiro atoms. The number of ether oxygens (including phenoxy) is 1. The van der Waals surface area contributed by atoms with E-state index >= 15 is 0 Å². The molecule has 2 aromatic heterocycles. The fourth-order valence-corrected chi connectivity index (χ4v) is 2.68. The first-order valence-electron chi connectivity index (χ1n) is 7.04. The van der Waals surface area contributed by atoms with Crippen LogP contribution in [0.4, 0.5) is 0 Å². The number of nitrogens with one attached hydrogen (secondary N) is 1. The van der Waals surface area contributed by atoms with Crippen LogP contribution in [0.5, 0.6) is 5.75 Å². The van der Waals surface area contributed by atoms with Gasteiger partial charge in [0.2, 0.25) is 0 Å². The Labute approximate surface area is 136 Å². The van der Waals surface area contributed by atoms with Crippen molar-refractivity contribution in [2.75, 3.05) is 26.2 Å². The van der Waals surface area contributed by atoms with E-state index in [0.717, 1.165) is 6.54 Å². The Bertz CT molecular complexity index is 632. The lowest BCUT2D eigenvalue weighted by molar-refractivity contribution is 0.0527. The Morgan fingerprint density at radius 2 is 2.41 bits per heavy atom. The minimum atomic E-state index is -0.119. The number of aromatic nitrogens is 1. The molecule has 3 rings (SSSR count). The number of nitrogens with zero attached hydrogens (tertiary/aromatic N) is 2. The number of piperazine rings is 1. The van der Waals surface area contributed by atoms with Crippen LogP contribution in [0.15, 0.2) is 45.7 Å². The molecule has 1 saturated heterocycles. The molecule has 1 fully saturated rings. The van der Waals surface area contributed by atoms with Crippen LogP contribution in [-0.2, 0) is 0 Å². The number of pyridine rings is 1. The van der Waals surface area contributed by atoms with Crippen molar-refractivity contribution in [1.82, 2.24) is 15.2 Å². The van der Waals surface area contributed by atoms with E-state index in [1.807, 2.05) is 12.1 Å². The molecular formula is C15H16BrN3O3. The molecule has 6 nitrogen and oxygen atoms in total. The van der Waals surface area contributed by atoms with Gasteiger partial charge in [-0.1, -0.05) is 0 Å². The molecule has 22 heavy (non-hydrogen) atoms. The van der Waals surface area contributed by atoms with E-state index in [9.17, 15) is 4.79 Å². The van der Waals surface area contributed by atoms with Crippen molar-refractivity contribution in [3.05, 3.63) is 47.1 Å². The highest BCUT2D eigenvalue weighted by molar-refractivity contribution is 9.10. The first kappa shape index (κ1) is 15.1. The molecular weight excluding hydrogens is 350 g/mol. The molecule has 1 amide bonds. The fraction of sp³-hybridized carbons (Fsp3) is 0.333. The highest BCUT2D eigenvalue weighted by Crippen LogP contribution is 2.18. The zero-order chi connectivity index (χ0) is 15.4. The zero-order valence-corrected chi connectivity index (χ0v) is 13.5. The van der Waals surface area contributed by atoms with Crippen LogP contribution in [0, 0.1) is 0 Å². The summed E-state index contributed by atoms with van der Waals surface area (Å²) in [6.07, 6.45) is 3.35. The highest BCUT2D eigenvalue weighted by Gasteiger charge is 2.29. The number of amides is 1. The number of hydrogen-bond donors (Lipinski definition) is 1. The lowest BCUT2D eigenvalue weighted by Gasteiger charge is -2.35. The van der Waals surface area contributed by atoms with Crippen LogP contribution in [0.25, 0.3) is 0 Å². The summed E-state index contributed by atoms with van der Waals surface area (Å²) in [6.45, 7) is 2.48. The first-order chi connectivity index (χ1) is 10.7. The smallest absolute Gasteiger partial charge is 0.290 e. The van der Waals surface area contributed by atoms with Crippen molar-refractivity contribution in [3.63, 3.8) is 0 Å². The second-order valence-electron chi connectivity index (χ2n) is 4.96. The van der Waals surface area contributed by atoms with E-state index in [2.05, 4.69) is 26.2 Å². The summed E-state index contributed by atoms with van der Waals surface area (Å²) in [5.41, 5.74) is 0. The van der Waals surface area contributed by atoms with Gasteiger partial charge >= 0.3 is 0 Å². The summed E-state index contributed by atoms with van der Waals surface area (Å²) >= 11 is 3.22. The van der Waals surface area contributed by atoms with Crippen molar-refractivity contribution < 1.29 is 13.9 Å². The van der Waals surface area contributed by atoms with Crippen LogP contribution in [0.1, 0.15) is 10.6 Å².